The molecule has 4 rings (SSSR count). The van der Waals surface area contributed by atoms with E-state index in [2.05, 4.69) is 25.3 Å². The van der Waals surface area contributed by atoms with E-state index in [0.717, 1.165) is 5.56 Å². The highest BCUT2D eigenvalue weighted by Gasteiger charge is 2.17. The van der Waals surface area contributed by atoms with Crippen molar-refractivity contribution in [1.29, 1.82) is 0 Å². The van der Waals surface area contributed by atoms with Crippen LogP contribution in [0.2, 0.25) is 0 Å². The first-order chi connectivity index (χ1) is 16.1. The fraction of sp³-hybridized carbons (Fsp3) is 0.348. The summed E-state index contributed by atoms with van der Waals surface area (Å²) in [5, 5.41) is 2.78. The average molecular weight is 450 g/mol. The third-order valence-corrected chi connectivity index (χ3v) is 5.29. The molecule has 0 bridgehead atoms. The summed E-state index contributed by atoms with van der Waals surface area (Å²) in [6, 6.07) is 7.19. The highest BCUT2D eigenvalue weighted by atomic mass is 16.5. The van der Waals surface area contributed by atoms with Gasteiger partial charge in [-0.2, -0.15) is 0 Å². The number of aryl methyl sites for hydroxylation is 1. The lowest BCUT2D eigenvalue weighted by Crippen LogP contribution is -2.38. The van der Waals surface area contributed by atoms with Crippen LogP contribution >= 0.6 is 0 Å². The average Bonchev–Trinajstić information content (AvgIpc) is 2.84. The summed E-state index contributed by atoms with van der Waals surface area (Å²) in [5.41, 5.74) is 1.84. The van der Waals surface area contributed by atoms with Gasteiger partial charge < -0.3 is 19.7 Å². The number of ether oxygens (including phenoxy) is 2. The minimum absolute atomic E-state index is 0.114. The van der Waals surface area contributed by atoms with Gasteiger partial charge in [0.15, 0.2) is 11.6 Å². The van der Waals surface area contributed by atoms with Crippen LogP contribution in [-0.4, -0.2) is 52.1 Å². The third kappa shape index (κ3) is 5.92. The van der Waals surface area contributed by atoms with E-state index in [1.807, 2.05) is 17.0 Å². The van der Waals surface area contributed by atoms with Crippen LogP contribution in [0.15, 0.2) is 47.7 Å². The van der Waals surface area contributed by atoms with Gasteiger partial charge in [0, 0.05) is 49.4 Å². The number of hydrogen-bond donors (Lipinski definition) is 2. The van der Waals surface area contributed by atoms with Crippen LogP contribution in [0.3, 0.4) is 0 Å². The normalized spacial score (nSPS) is 13.5. The molecule has 33 heavy (non-hydrogen) atoms. The second-order valence-electron chi connectivity index (χ2n) is 7.60. The van der Waals surface area contributed by atoms with Gasteiger partial charge in [0.05, 0.1) is 13.2 Å². The van der Waals surface area contributed by atoms with E-state index in [9.17, 15) is 9.59 Å². The molecule has 1 amide bonds. The first-order valence-corrected chi connectivity index (χ1v) is 10.8. The van der Waals surface area contributed by atoms with E-state index in [-0.39, 0.29) is 24.3 Å². The van der Waals surface area contributed by atoms with Crippen molar-refractivity contribution in [2.45, 2.75) is 26.4 Å². The Morgan fingerprint density at radius 3 is 2.76 bits per heavy atom. The van der Waals surface area contributed by atoms with Crippen LogP contribution < -0.4 is 20.5 Å². The molecular weight excluding hydrogens is 424 g/mol. The molecule has 1 fully saturated rings. The Bertz CT molecular complexity index is 1150. The number of amides is 1. The number of hydrogen-bond acceptors (Lipinski definition) is 8. The molecule has 3 aromatic rings. The second-order valence-corrected chi connectivity index (χ2v) is 7.60. The van der Waals surface area contributed by atoms with Crippen molar-refractivity contribution in [2.75, 3.05) is 36.5 Å². The Morgan fingerprint density at radius 2 is 2.00 bits per heavy atom. The zero-order valence-electron chi connectivity index (χ0n) is 18.4. The van der Waals surface area contributed by atoms with Gasteiger partial charge in [-0.3, -0.25) is 19.6 Å². The molecule has 0 atom stereocenters. The zero-order chi connectivity index (χ0) is 23.0. The SMILES string of the molecule is Cc1nc(N2CCOCC2)[nH]c(=O)c1CCC(=O)Nc1ncccc1OCc1ccncc1. The van der Waals surface area contributed by atoms with E-state index < -0.39 is 0 Å². The van der Waals surface area contributed by atoms with Gasteiger partial charge in [-0.05, 0) is 43.2 Å². The Labute approximate surface area is 191 Å². The van der Waals surface area contributed by atoms with Gasteiger partial charge in [0.2, 0.25) is 11.9 Å². The van der Waals surface area contributed by atoms with Crippen LogP contribution in [0.1, 0.15) is 23.2 Å². The smallest absolute Gasteiger partial charge is 0.255 e. The summed E-state index contributed by atoms with van der Waals surface area (Å²) >= 11 is 0. The van der Waals surface area contributed by atoms with Gasteiger partial charge in [0.25, 0.3) is 5.56 Å². The summed E-state index contributed by atoms with van der Waals surface area (Å²) in [6.07, 6.45) is 5.34. The molecule has 10 heteroatoms. The molecule has 1 saturated heterocycles. The number of nitrogens with zero attached hydrogens (tertiary/aromatic N) is 4. The maximum Gasteiger partial charge on any atom is 0.255 e. The number of pyridine rings is 2. The number of nitrogens with one attached hydrogen (secondary N) is 2. The van der Waals surface area contributed by atoms with Crippen LogP contribution in [-0.2, 0) is 22.6 Å². The number of aromatic nitrogens is 4. The van der Waals surface area contributed by atoms with E-state index in [4.69, 9.17) is 9.47 Å². The predicted molar refractivity (Wildman–Crippen MR) is 122 cm³/mol. The molecule has 3 aromatic heterocycles. The predicted octanol–water partition coefficient (Wildman–Crippen LogP) is 1.86. The summed E-state index contributed by atoms with van der Waals surface area (Å²) in [7, 11) is 0. The standard InChI is InChI=1S/C23H26N6O4/c1-16-18(22(31)28-23(26-16)29-11-13-32-14-12-29)4-5-20(30)27-21-19(3-2-8-25-21)33-15-17-6-9-24-10-7-17/h2-3,6-10H,4-5,11-15H2,1H3,(H,25,27,30)(H,26,28,31). The molecule has 0 spiro atoms. The number of aromatic amines is 1. The van der Waals surface area contributed by atoms with Crippen LogP contribution in [0.25, 0.3) is 0 Å². The van der Waals surface area contributed by atoms with E-state index in [1.54, 1.807) is 37.6 Å². The van der Waals surface area contributed by atoms with Crippen molar-refractivity contribution >= 4 is 17.7 Å². The summed E-state index contributed by atoms with van der Waals surface area (Å²) in [6.45, 7) is 4.68. The summed E-state index contributed by atoms with van der Waals surface area (Å²) in [5.74, 6) is 1.08. The molecule has 0 aliphatic carbocycles. The van der Waals surface area contributed by atoms with Crippen molar-refractivity contribution in [2.24, 2.45) is 0 Å². The largest absolute Gasteiger partial charge is 0.485 e. The van der Waals surface area contributed by atoms with Gasteiger partial charge in [-0.1, -0.05) is 0 Å². The number of carbonyl (C=O) groups is 1. The molecule has 0 saturated carbocycles. The molecule has 2 N–H and O–H groups in total. The lowest BCUT2D eigenvalue weighted by Gasteiger charge is -2.27. The fourth-order valence-electron chi connectivity index (χ4n) is 3.49. The topological polar surface area (TPSA) is 122 Å². The maximum absolute atomic E-state index is 12.6. The van der Waals surface area contributed by atoms with E-state index in [1.165, 1.54) is 0 Å². The molecule has 172 valence electrons. The number of H-pyrrole nitrogens is 1. The molecule has 1 aliphatic heterocycles. The van der Waals surface area contributed by atoms with E-state index in [0.29, 0.717) is 61.7 Å². The second kappa shape index (κ2) is 10.7. The van der Waals surface area contributed by atoms with E-state index >= 15 is 0 Å². The first-order valence-electron chi connectivity index (χ1n) is 10.8. The zero-order valence-corrected chi connectivity index (χ0v) is 18.4. The molecule has 0 unspecified atom stereocenters. The van der Waals surface area contributed by atoms with Gasteiger partial charge >= 0.3 is 0 Å². The maximum atomic E-state index is 12.6. The monoisotopic (exact) mass is 450 g/mol. The van der Waals surface area contributed by atoms with Crippen LogP contribution in [0, 0.1) is 6.92 Å². The Hall–Kier alpha value is -3.79. The molecule has 1 aliphatic rings. The molecular formula is C23H26N6O4. The van der Waals surface area contributed by atoms with Crippen molar-refractivity contribution in [3.05, 3.63) is 70.0 Å². The van der Waals surface area contributed by atoms with Gasteiger partial charge in [-0.15, -0.1) is 0 Å². The fourth-order valence-corrected chi connectivity index (χ4v) is 3.49. The quantitative estimate of drug-likeness (QED) is 0.533. The number of morpholine rings is 1. The number of carbonyl (C=O) groups excluding carboxylic acids is 1. The van der Waals surface area contributed by atoms with Gasteiger partial charge in [0.1, 0.15) is 6.61 Å². The molecule has 10 nitrogen and oxygen atoms in total. The van der Waals surface area contributed by atoms with Crippen molar-refractivity contribution in [1.82, 2.24) is 19.9 Å². The van der Waals surface area contributed by atoms with Crippen molar-refractivity contribution in [3.8, 4) is 5.75 Å². The lowest BCUT2D eigenvalue weighted by atomic mass is 10.1. The Kier molecular flexibility index (Phi) is 7.26. The first kappa shape index (κ1) is 22.4. The molecule has 0 aromatic carbocycles. The van der Waals surface area contributed by atoms with Crippen LogP contribution in [0.4, 0.5) is 11.8 Å². The van der Waals surface area contributed by atoms with Crippen molar-refractivity contribution in [3.63, 3.8) is 0 Å². The molecule has 0 radical (unpaired) electrons. The van der Waals surface area contributed by atoms with Crippen LogP contribution in [0.5, 0.6) is 5.75 Å². The number of anilines is 2. The Balaban J connectivity index is 1.36. The van der Waals surface area contributed by atoms with Gasteiger partial charge in [-0.25, -0.2) is 9.97 Å². The third-order valence-electron chi connectivity index (χ3n) is 5.29. The summed E-state index contributed by atoms with van der Waals surface area (Å²) in [4.78, 5) is 42.8. The summed E-state index contributed by atoms with van der Waals surface area (Å²) < 4.78 is 11.2. The van der Waals surface area contributed by atoms with Crippen molar-refractivity contribution < 1.29 is 14.3 Å². The Morgan fingerprint density at radius 1 is 1.21 bits per heavy atom. The highest BCUT2D eigenvalue weighted by Crippen LogP contribution is 2.22. The lowest BCUT2D eigenvalue weighted by molar-refractivity contribution is -0.116. The minimum atomic E-state index is -0.265. The minimum Gasteiger partial charge on any atom is -0.485 e. The number of rotatable bonds is 8. The highest BCUT2D eigenvalue weighted by molar-refractivity contribution is 5.91. The molecule has 4 heterocycles.